The Morgan fingerprint density at radius 2 is 1.29 bits per heavy atom. The van der Waals surface area contributed by atoms with Crippen LogP contribution in [0, 0.1) is 0 Å². The summed E-state index contributed by atoms with van der Waals surface area (Å²) in [7, 11) is 0. The zero-order chi connectivity index (χ0) is 11.8. The molecule has 0 aromatic rings. The second-order valence-electron chi connectivity index (χ2n) is 1.99. The van der Waals surface area contributed by atoms with Gasteiger partial charge in [0.15, 0.2) is 0 Å². The molecule has 1 atom stereocenters. The lowest BCUT2D eigenvalue weighted by Crippen LogP contribution is -2.43. The molecule has 0 aliphatic heterocycles. The van der Waals surface area contributed by atoms with E-state index in [1.807, 2.05) is 0 Å². The van der Waals surface area contributed by atoms with E-state index in [-0.39, 0.29) is 0 Å². The maximum absolute atomic E-state index is 12.0. The fourth-order valence-electron chi connectivity index (χ4n) is 0.264. The van der Waals surface area contributed by atoms with Gasteiger partial charge in [0.1, 0.15) is 0 Å². The van der Waals surface area contributed by atoms with E-state index in [1.165, 1.54) is 0 Å². The van der Waals surface area contributed by atoms with Crippen LogP contribution in [0.25, 0.3) is 0 Å². The van der Waals surface area contributed by atoms with E-state index in [0.717, 1.165) is 15.9 Å². The number of halogens is 9. The topological polar surface area (TPSA) is 9.23 Å². The molecule has 1 nitrogen and oxygen atoms in total. The van der Waals surface area contributed by atoms with Crippen molar-refractivity contribution in [1.82, 2.24) is 0 Å². The maximum Gasteiger partial charge on any atom is 0.445 e. The van der Waals surface area contributed by atoms with Crippen LogP contribution in [-0.4, -0.2) is 23.5 Å². The Hall–Kier alpha value is -0.120. The van der Waals surface area contributed by atoms with Crippen molar-refractivity contribution in [2.45, 2.75) is 23.5 Å². The van der Waals surface area contributed by atoms with Gasteiger partial charge in [-0.2, -0.15) is 30.7 Å². The van der Waals surface area contributed by atoms with Gasteiger partial charge in [-0.3, -0.25) is 4.74 Å². The summed E-state index contributed by atoms with van der Waals surface area (Å²) in [6, 6.07) is 0. The molecule has 0 saturated heterocycles. The van der Waals surface area contributed by atoms with E-state index in [0.29, 0.717) is 0 Å². The molecule has 0 N–H and O–H groups in total. The van der Waals surface area contributed by atoms with Crippen molar-refractivity contribution in [1.29, 1.82) is 0 Å². The molecule has 0 rings (SSSR count). The molecular weight excluding hydrogens is 296 g/mol. The predicted octanol–water partition coefficient (Wildman–Crippen LogP) is 3.44. The lowest BCUT2D eigenvalue weighted by atomic mass is 10.6. The van der Waals surface area contributed by atoms with Crippen LogP contribution in [0.2, 0.25) is 0 Å². The summed E-state index contributed by atoms with van der Waals surface area (Å²) in [6.07, 6.45) is -15.9. The third-order valence-electron chi connectivity index (χ3n) is 0.839. The molecule has 0 unspecified atom stereocenters. The quantitative estimate of drug-likeness (QED) is 0.573. The van der Waals surface area contributed by atoms with Crippen LogP contribution in [0.3, 0.4) is 0 Å². The van der Waals surface area contributed by atoms with Gasteiger partial charge >= 0.3 is 17.1 Å². The molecule has 0 aromatic carbocycles. The fourth-order valence-corrected chi connectivity index (χ4v) is 0.357. The number of hydrogen-bond donors (Lipinski definition) is 0. The predicted molar refractivity (Wildman–Crippen MR) is 30.9 cm³/mol. The SMILES string of the molecule is F[C@@H](OC(F)(F)C(F)(F)Br)C(F)(F)F. The van der Waals surface area contributed by atoms with Gasteiger partial charge in [0.05, 0.1) is 0 Å². The molecule has 0 aliphatic carbocycles. The van der Waals surface area contributed by atoms with Crippen molar-refractivity contribution in [3.05, 3.63) is 0 Å². The van der Waals surface area contributed by atoms with Crippen LogP contribution in [0.1, 0.15) is 0 Å². The molecular formula is C4HBrF8O. The van der Waals surface area contributed by atoms with Crippen LogP contribution in [0.15, 0.2) is 0 Å². The number of alkyl halides is 9. The standard InChI is InChI=1S/C4HBrF8O/c5-3(10,11)4(12,13)14-1(6)2(7,8)9/h1H/t1-/m0/s1. The largest absolute Gasteiger partial charge is 0.445 e. The number of hydrogen-bond acceptors (Lipinski definition) is 1. The van der Waals surface area contributed by atoms with E-state index >= 15 is 0 Å². The first-order valence-corrected chi connectivity index (χ1v) is 3.50. The molecule has 0 aliphatic rings. The molecule has 0 aromatic heterocycles. The Kier molecular flexibility index (Phi) is 3.76. The molecule has 0 radical (unpaired) electrons. The fraction of sp³-hybridized carbons (Fsp3) is 1.00. The first kappa shape index (κ1) is 13.9. The average Bonchev–Trinajstić information content (AvgIpc) is 1.80. The molecule has 0 spiro atoms. The third kappa shape index (κ3) is 3.56. The van der Waals surface area contributed by atoms with Gasteiger partial charge in [-0.05, 0) is 0 Å². The van der Waals surface area contributed by atoms with Gasteiger partial charge < -0.3 is 0 Å². The highest BCUT2D eigenvalue weighted by atomic mass is 79.9. The number of ether oxygens (including phenoxy) is 1. The molecule has 0 bridgehead atoms. The van der Waals surface area contributed by atoms with Gasteiger partial charge in [-0.1, -0.05) is 0 Å². The summed E-state index contributed by atoms with van der Waals surface area (Å²) in [6.45, 7) is 0. The highest BCUT2D eigenvalue weighted by Gasteiger charge is 2.60. The van der Waals surface area contributed by atoms with Crippen molar-refractivity contribution in [2.75, 3.05) is 0 Å². The molecule has 0 fully saturated rings. The minimum atomic E-state index is -5.79. The molecule has 0 heterocycles. The van der Waals surface area contributed by atoms with Crippen LogP contribution in [-0.2, 0) is 4.74 Å². The minimum absolute atomic E-state index is 1.05. The lowest BCUT2D eigenvalue weighted by molar-refractivity contribution is -0.390. The average molecular weight is 297 g/mol. The van der Waals surface area contributed by atoms with Crippen molar-refractivity contribution in [2.24, 2.45) is 0 Å². The summed E-state index contributed by atoms with van der Waals surface area (Å²) < 4.78 is 95.2. The maximum atomic E-state index is 12.0. The Morgan fingerprint density at radius 3 is 1.50 bits per heavy atom. The van der Waals surface area contributed by atoms with Crippen molar-refractivity contribution < 1.29 is 39.9 Å². The molecule has 10 heteroatoms. The van der Waals surface area contributed by atoms with Gasteiger partial charge in [0, 0.05) is 15.9 Å². The first-order chi connectivity index (χ1) is 5.88. The van der Waals surface area contributed by atoms with Gasteiger partial charge in [-0.15, -0.1) is 0 Å². The first-order valence-electron chi connectivity index (χ1n) is 2.71. The van der Waals surface area contributed by atoms with Gasteiger partial charge in [-0.25, -0.2) is 4.39 Å². The lowest BCUT2D eigenvalue weighted by Gasteiger charge is -2.23. The molecule has 14 heavy (non-hydrogen) atoms. The Morgan fingerprint density at radius 1 is 0.929 bits per heavy atom. The van der Waals surface area contributed by atoms with E-state index in [4.69, 9.17) is 0 Å². The van der Waals surface area contributed by atoms with Crippen LogP contribution >= 0.6 is 15.9 Å². The Balaban J connectivity index is 4.53. The van der Waals surface area contributed by atoms with Gasteiger partial charge in [0.2, 0.25) is 0 Å². The Labute approximate surface area is 80.1 Å². The summed E-state index contributed by atoms with van der Waals surface area (Å²) in [5, 5.41) is 0. The van der Waals surface area contributed by atoms with E-state index in [9.17, 15) is 35.1 Å². The molecule has 86 valence electrons. The molecule has 0 saturated carbocycles. The second-order valence-corrected chi connectivity index (χ2v) is 2.99. The highest BCUT2D eigenvalue weighted by molar-refractivity contribution is 9.10. The zero-order valence-corrected chi connectivity index (χ0v) is 7.47. The minimum Gasteiger partial charge on any atom is -0.271 e. The van der Waals surface area contributed by atoms with E-state index in [2.05, 4.69) is 4.74 Å². The second kappa shape index (κ2) is 3.80. The van der Waals surface area contributed by atoms with E-state index < -0.39 is 23.5 Å². The zero-order valence-electron chi connectivity index (χ0n) is 5.89. The summed E-state index contributed by atoms with van der Waals surface area (Å²) in [5.41, 5.74) is 0. The van der Waals surface area contributed by atoms with Crippen LogP contribution in [0.4, 0.5) is 35.1 Å². The Bertz CT molecular complexity index is 194. The van der Waals surface area contributed by atoms with Crippen LogP contribution in [0.5, 0.6) is 0 Å². The van der Waals surface area contributed by atoms with Crippen molar-refractivity contribution in [3.63, 3.8) is 0 Å². The van der Waals surface area contributed by atoms with Gasteiger partial charge in [0.25, 0.3) is 6.36 Å². The van der Waals surface area contributed by atoms with Crippen molar-refractivity contribution in [3.8, 4) is 0 Å². The molecule has 0 amide bonds. The van der Waals surface area contributed by atoms with Crippen LogP contribution < -0.4 is 0 Å². The normalized spacial score (nSPS) is 16.9. The summed E-state index contributed by atoms with van der Waals surface area (Å²) in [4.78, 5) is -5.09. The summed E-state index contributed by atoms with van der Waals surface area (Å²) in [5.74, 6) is 0. The summed E-state index contributed by atoms with van der Waals surface area (Å²) >= 11 is 1.05. The smallest absolute Gasteiger partial charge is 0.271 e. The monoisotopic (exact) mass is 296 g/mol. The van der Waals surface area contributed by atoms with E-state index in [1.54, 1.807) is 0 Å². The van der Waals surface area contributed by atoms with Crippen molar-refractivity contribution >= 4 is 15.9 Å². The highest BCUT2D eigenvalue weighted by Crippen LogP contribution is 2.42. The number of rotatable bonds is 3. The third-order valence-corrected chi connectivity index (χ3v) is 1.30.